The zero-order valence-electron chi connectivity index (χ0n) is 8.83. The molecule has 0 aliphatic rings. The predicted octanol–water partition coefficient (Wildman–Crippen LogP) is -0.173. The fourth-order valence-corrected chi connectivity index (χ4v) is 2.08. The van der Waals surface area contributed by atoms with Crippen LogP contribution in [0.2, 0.25) is 0 Å². The number of sulfonamides is 1. The molecule has 0 heterocycles. The maximum atomic E-state index is 11.3. The number of hydrogen-bond donors (Lipinski definition) is 2. The second-order valence-electron chi connectivity index (χ2n) is 4.42. The summed E-state index contributed by atoms with van der Waals surface area (Å²) in [5.41, 5.74) is 4.78. The fourth-order valence-electron chi connectivity index (χ4n) is 0.694. The molecule has 14 heavy (non-hydrogen) atoms. The first-order chi connectivity index (χ1) is 6.12. The van der Waals surface area contributed by atoms with Gasteiger partial charge in [-0.2, -0.15) is 0 Å². The van der Waals surface area contributed by atoms with Crippen molar-refractivity contribution in [2.75, 3.05) is 12.3 Å². The molecule has 0 fully saturated rings. The summed E-state index contributed by atoms with van der Waals surface area (Å²) < 4.78 is 24.7. The highest BCUT2D eigenvalue weighted by molar-refractivity contribution is 7.89. The van der Waals surface area contributed by atoms with Crippen LogP contribution in [0.4, 0.5) is 0 Å². The standard InChI is InChI=1S/C8H18N2O3S/c1-8(2,3)4-5-14(12,13)10-6-7(9)11/h10H,4-6H2,1-3H3,(H2,9,11). The maximum absolute atomic E-state index is 11.3. The lowest BCUT2D eigenvalue weighted by atomic mass is 9.94. The number of carbonyl (C=O) groups is 1. The zero-order chi connectivity index (χ0) is 11.4. The van der Waals surface area contributed by atoms with Crippen LogP contribution >= 0.6 is 0 Å². The number of hydrogen-bond acceptors (Lipinski definition) is 3. The smallest absolute Gasteiger partial charge is 0.232 e. The van der Waals surface area contributed by atoms with Gasteiger partial charge in [0.15, 0.2) is 0 Å². The molecule has 6 heteroatoms. The van der Waals surface area contributed by atoms with E-state index in [-0.39, 0.29) is 17.7 Å². The number of nitrogens with one attached hydrogen (secondary N) is 1. The fraction of sp³-hybridized carbons (Fsp3) is 0.875. The number of nitrogens with two attached hydrogens (primary N) is 1. The molecule has 0 unspecified atom stereocenters. The molecular formula is C8H18N2O3S. The van der Waals surface area contributed by atoms with Crippen LogP contribution in [0.3, 0.4) is 0 Å². The van der Waals surface area contributed by atoms with Crippen molar-refractivity contribution >= 4 is 15.9 Å². The lowest BCUT2D eigenvalue weighted by Gasteiger charge is -2.17. The van der Waals surface area contributed by atoms with Crippen molar-refractivity contribution in [3.8, 4) is 0 Å². The van der Waals surface area contributed by atoms with E-state index in [0.29, 0.717) is 6.42 Å². The Kier molecular flexibility index (Phi) is 4.54. The molecule has 0 bridgehead atoms. The third-order valence-electron chi connectivity index (χ3n) is 1.59. The summed E-state index contributed by atoms with van der Waals surface area (Å²) in [5.74, 6) is -0.659. The number of rotatable bonds is 5. The highest BCUT2D eigenvalue weighted by Gasteiger charge is 2.17. The Bertz CT molecular complexity index is 290. The summed E-state index contributed by atoms with van der Waals surface area (Å²) in [7, 11) is -3.36. The molecule has 0 spiro atoms. The van der Waals surface area contributed by atoms with Crippen molar-refractivity contribution in [3.05, 3.63) is 0 Å². The second kappa shape index (κ2) is 4.75. The lowest BCUT2D eigenvalue weighted by molar-refractivity contribution is -0.116. The third kappa shape index (κ3) is 8.00. The van der Waals surface area contributed by atoms with Crippen molar-refractivity contribution in [1.82, 2.24) is 4.72 Å². The highest BCUT2D eigenvalue weighted by atomic mass is 32.2. The zero-order valence-corrected chi connectivity index (χ0v) is 9.65. The molecule has 0 radical (unpaired) electrons. The van der Waals surface area contributed by atoms with E-state index in [1.807, 2.05) is 20.8 Å². The van der Waals surface area contributed by atoms with Crippen LogP contribution in [0.1, 0.15) is 27.2 Å². The third-order valence-corrected chi connectivity index (χ3v) is 2.91. The van der Waals surface area contributed by atoms with Gasteiger partial charge in [0.25, 0.3) is 0 Å². The van der Waals surface area contributed by atoms with E-state index in [4.69, 9.17) is 5.73 Å². The number of primary amides is 1. The topological polar surface area (TPSA) is 89.3 Å². The molecule has 0 aliphatic carbocycles. The minimum atomic E-state index is -3.36. The van der Waals surface area contributed by atoms with Gasteiger partial charge in [-0.25, -0.2) is 13.1 Å². The molecule has 84 valence electrons. The molecule has 0 aromatic rings. The van der Waals surface area contributed by atoms with E-state index in [9.17, 15) is 13.2 Å². The van der Waals surface area contributed by atoms with Gasteiger partial charge in [0, 0.05) is 0 Å². The quantitative estimate of drug-likeness (QED) is 0.676. The van der Waals surface area contributed by atoms with Crippen LogP contribution in [0.15, 0.2) is 0 Å². The summed E-state index contributed by atoms with van der Waals surface area (Å²) >= 11 is 0. The van der Waals surface area contributed by atoms with E-state index in [1.54, 1.807) is 0 Å². The summed E-state index contributed by atoms with van der Waals surface area (Å²) in [5, 5.41) is 0. The van der Waals surface area contributed by atoms with E-state index < -0.39 is 15.9 Å². The van der Waals surface area contributed by atoms with Gasteiger partial charge >= 0.3 is 0 Å². The molecule has 0 saturated carbocycles. The molecule has 0 aromatic heterocycles. The van der Waals surface area contributed by atoms with Crippen LogP contribution in [0.25, 0.3) is 0 Å². The summed E-state index contributed by atoms with van der Waals surface area (Å²) in [6.07, 6.45) is 0.543. The van der Waals surface area contributed by atoms with E-state index in [0.717, 1.165) is 0 Å². The number of amides is 1. The van der Waals surface area contributed by atoms with E-state index in [1.165, 1.54) is 0 Å². The predicted molar refractivity (Wildman–Crippen MR) is 55.1 cm³/mol. The lowest BCUT2D eigenvalue weighted by Crippen LogP contribution is -2.35. The second-order valence-corrected chi connectivity index (χ2v) is 6.34. The molecular weight excluding hydrogens is 204 g/mol. The molecule has 5 nitrogen and oxygen atoms in total. The first-order valence-electron chi connectivity index (χ1n) is 4.38. The molecule has 0 saturated heterocycles. The van der Waals surface area contributed by atoms with Crippen LogP contribution in [0, 0.1) is 5.41 Å². The van der Waals surface area contributed by atoms with Gasteiger partial charge in [0.1, 0.15) is 0 Å². The molecule has 0 rings (SSSR count). The van der Waals surface area contributed by atoms with Crippen LogP contribution < -0.4 is 10.5 Å². The Morgan fingerprint density at radius 3 is 2.21 bits per heavy atom. The Morgan fingerprint density at radius 2 is 1.86 bits per heavy atom. The van der Waals surface area contributed by atoms with Gasteiger partial charge in [0.05, 0.1) is 12.3 Å². The minimum absolute atomic E-state index is 0.0176. The highest BCUT2D eigenvalue weighted by Crippen LogP contribution is 2.18. The first kappa shape index (κ1) is 13.4. The minimum Gasteiger partial charge on any atom is -0.369 e. The van der Waals surface area contributed by atoms with Crippen LogP contribution in [-0.2, 0) is 14.8 Å². The van der Waals surface area contributed by atoms with Gasteiger partial charge in [0.2, 0.25) is 15.9 Å². The molecule has 1 amide bonds. The van der Waals surface area contributed by atoms with Crippen molar-refractivity contribution in [3.63, 3.8) is 0 Å². The molecule has 0 atom stereocenters. The summed E-state index contributed by atoms with van der Waals surface area (Å²) in [6.45, 7) is 5.54. The molecule has 0 aliphatic heterocycles. The summed E-state index contributed by atoms with van der Waals surface area (Å²) in [4.78, 5) is 10.3. The van der Waals surface area contributed by atoms with Gasteiger partial charge in [-0.3, -0.25) is 4.79 Å². The van der Waals surface area contributed by atoms with Crippen LogP contribution in [-0.4, -0.2) is 26.6 Å². The van der Waals surface area contributed by atoms with Gasteiger partial charge < -0.3 is 5.73 Å². The normalized spacial score (nSPS) is 12.8. The van der Waals surface area contributed by atoms with Crippen molar-refractivity contribution in [2.24, 2.45) is 11.1 Å². The van der Waals surface area contributed by atoms with Crippen molar-refractivity contribution in [1.29, 1.82) is 0 Å². The summed E-state index contributed by atoms with van der Waals surface area (Å²) in [6, 6.07) is 0. The van der Waals surface area contributed by atoms with Gasteiger partial charge in [-0.15, -0.1) is 0 Å². The van der Waals surface area contributed by atoms with Gasteiger partial charge in [-0.05, 0) is 11.8 Å². The Labute approximate surface area is 85.1 Å². The SMILES string of the molecule is CC(C)(C)CCS(=O)(=O)NCC(N)=O. The molecule has 3 N–H and O–H groups in total. The van der Waals surface area contributed by atoms with Crippen LogP contribution in [0.5, 0.6) is 0 Å². The van der Waals surface area contributed by atoms with Gasteiger partial charge in [-0.1, -0.05) is 20.8 Å². The average molecular weight is 222 g/mol. The monoisotopic (exact) mass is 222 g/mol. The Morgan fingerprint density at radius 1 is 1.36 bits per heavy atom. The largest absolute Gasteiger partial charge is 0.369 e. The van der Waals surface area contributed by atoms with E-state index in [2.05, 4.69) is 4.72 Å². The van der Waals surface area contributed by atoms with Crippen molar-refractivity contribution < 1.29 is 13.2 Å². The number of carbonyl (C=O) groups excluding carboxylic acids is 1. The Balaban J connectivity index is 4.03. The first-order valence-corrected chi connectivity index (χ1v) is 6.03. The van der Waals surface area contributed by atoms with E-state index >= 15 is 0 Å². The average Bonchev–Trinajstić information content (AvgIpc) is 1.97. The molecule has 0 aromatic carbocycles. The van der Waals surface area contributed by atoms with Crippen molar-refractivity contribution in [2.45, 2.75) is 27.2 Å². The maximum Gasteiger partial charge on any atom is 0.232 e. The Hall–Kier alpha value is -0.620.